The quantitative estimate of drug-likeness (QED) is 0.625. The highest BCUT2D eigenvalue weighted by Crippen LogP contribution is 2.22. The average Bonchev–Trinajstić information content (AvgIpc) is 3.12. The molecule has 0 aliphatic rings. The van der Waals surface area contributed by atoms with Crippen LogP contribution in [0.5, 0.6) is 0 Å². The number of aryl methyl sites for hydroxylation is 1. The van der Waals surface area contributed by atoms with Crippen LogP contribution in [0.25, 0.3) is 17.2 Å². The van der Waals surface area contributed by atoms with E-state index in [0.717, 1.165) is 16.8 Å². The second-order valence-electron chi connectivity index (χ2n) is 5.15. The Morgan fingerprint density at radius 1 is 1.17 bits per heavy atom. The van der Waals surface area contributed by atoms with E-state index in [1.165, 1.54) is 18.6 Å². The van der Waals surface area contributed by atoms with Crippen LogP contribution < -0.4 is 0 Å². The number of hydrogen-bond acceptors (Lipinski definition) is 5. The summed E-state index contributed by atoms with van der Waals surface area (Å²) in [6.45, 7) is 1.80. The summed E-state index contributed by atoms with van der Waals surface area (Å²) < 4.78 is 15.3. The first-order valence-corrected chi connectivity index (χ1v) is 7.00. The molecule has 8 heteroatoms. The first-order chi connectivity index (χ1) is 11.2. The Labute approximate surface area is 130 Å². The summed E-state index contributed by atoms with van der Waals surface area (Å²) >= 11 is 0. The number of halogens is 1. The number of pyridine rings is 1. The Kier molecular flexibility index (Phi) is 3.07. The van der Waals surface area contributed by atoms with Gasteiger partial charge in [0.05, 0.1) is 11.2 Å². The standard InChI is InChI=1S/C15H12FN7/c1-9-19-14(22-21-9)15-20-12(4-10-5-17-8-18-6-10)13-3-2-11(16)7-23(13)15/h2-3,5-8H,4H2,1H3,(H,19,21,22). The van der Waals surface area contributed by atoms with Crippen LogP contribution in [-0.4, -0.2) is 34.5 Å². The van der Waals surface area contributed by atoms with Gasteiger partial charge in [0.1, 0.15) is 18.0 Å². The van der Waals surface area contributed by atoms with Gasteiger partial charge in [-0.15, -0.1) is 0 Å². The number of aromatic amines is 1. The second-order valence-corrected chi connectivity index (χ2v) is 5.15. The molecule has 0 bridgehead atoms. The lowest BCUT2D eigenvalue weighted by atomic mass is 10.2. The molecule has 4 aromatic rings. The Balaban J connectivity index is 1.88. The van der Waals surface area contributed by atoms with E-state index in [-0.39, 0.29) is 5.82 Å². The summed E-state index contributed by atoms with van der Waals surface area (Å²) in [5, 5.41) is 6.90. The molecule has 23 heavy (non-hydrogen) atoms. The highest BCUT2D eigenvalue weighted by atomic mass is 19.1. The molecule has 0 aliphatic heterocycles. The molecular formula is C15H12FN7. The van der Waals surface area contributed by atoms with Crippen molar-refractivity contribution in [1.29, 1.82) is 0 Å². The van der Waals surface area contributed by atoms with Gasteiger partial charge in [-0.1, -0.05) is 0 Å². The molecule has 0 amide bonds. The summed E-state index contributed by atoms with van der Waals surface area (Å²) in [6.07, 6.45) is 6.87. The highest BCUT2D eigenvalue weighted by Gasteiger charge is 2.17. The van der Waals surface area contributed by atoms with E-state index in [1.54, 1.807) is 29.8 Å². The van der Waals surface area contributed by atoms with Gasteiger partial charge in [-0.05, 0) is 24.6 Å². The zero-order valence-corrected chi connectivity index (χ0v) is 12.2. The number of imidazole rings is 1. The fraction of sp³-hybridized carbons (Fsp3) is 0.133. The van der Waals surface area contributed by atoms with Crippen molar-refractivity contribution < 1.29 is 4.39 Å². The van der Waals surface area contributed by atoms with Gasteiger partial charge in [-0.2, -0.15) is 5.10 Å². The number of fused-ring (bicyclic) bond motifs is 1. The normalized spacial score (nSPS) is 11.2. The van der Waals surface area contributed by atoms with Crippen molar-refractivity contribution in [2.45, 2.75) is 13.3 Å². The van der Waals surface area contributed by atoms with E-state index in [0.29, 0.717) is 23.9 Å². The SMILES string of the molecule is Cc1nc(-c2nc(Cc3cncnc3)c3ccc(F)cn23)n[nH]1. The predicted molar refractivity (Wildman–Crippen MR) is 80.1 cm³/mol. The van der Waals surface area contributed by atoms with E-state index in [2.05, 4.69) is 30.1 Å². The second kappa shape index (κ2) is 5.24. The van der Waals surface area contributed by atoms with Crippen molar-refractivity contribution >= 4 is 5.52 Å². The number of H-pyrrole nitrogens is 1. The lowest BCUT2D eigenvalue weighted by Gasteiger charge is -1.99. The molecule has 1 N–H and O–H groups in total. The van der Waals surface area contributed by atoms with E-state index in [4.69, 9.17) is 0 Å². The zero-order valence-electron chi connectivity index (χ0n) is 12.2. The largest absolute Gasteiger partial charge is 0.294 e. The molecule has 0 radical (unpaired) electrons. The molecule has 0 aliphatic carbocycles. The molecule has 0 fully saturated rings. The lowest BCUT2D eigenvalue weighted by molar-refractivity contribution is 0.619. The van der Waals surface area contributed by atoms with Gasteiger partial charge in [0.15, 0.2) is 5.82 Å². The van der Waals surface area contributed by atoms with Gasteiger partial charge in [0, 0.05) is 25.0 Å². The third kappa shape index (κ3) is 2.44. The Morgan fingerprint density at radius 3 is 2.74 bits per heavy atom. The maximum atomic E-state index is 13.7. The molecule has 4 rings (SSSR count). The minimum Gasteiger partial charge on any atom is -0.294 e. The molecule has 7 nitrogen and oxygen atoms in total. The summed E-state index contributed by atoms with van der Waals surface area (Å²) in [5.41, 5.74) is 2.51. The molecular weight excluding hydrogens is 297 g/mol. The number of nitrogens with one attached hydrogen (secondary N) is 1. The molecule has 0 aromatic carbocycles. The lowest BCUT2D eigenvalue weighted by Crippen LogP contribution is -1.92. The van der Waals surface area contributed by atoms with Crippen molar-refractivity contribution in [3.05, 3.63) is 59.9 Å². The molecule has 4 heterocycles. The summed E-state index contributed by atoms with van der Waals surface area (Å²) in [6, 6.07) is 3.11. The van der Waals surface area contributed by atoms with E-state index < -0.39 is 0 Å². The van der Waals surface area contributed by atoms with Crippen molar-refractivity contribution in [2.75, 3.05) is 0 Å². The van der Waals surface area contributed by atoms with Gasteiger partial charge >= 0.3 is 0 Å². The fourth-order valence-electron chi connectivity index (χ4n) is 2.47. The van der Waals surface area contributed by atoms with E-state index in [1.807, 2.05) is 0 Å². The molecule has 0 saturated heterocycles. The zero-order chi connectivity index (χ0) is 15.8. The van der Waals surface area contributed by atoms with Gasteiger partial charge < -0.3 is 0 Å². The van der Waals surface area contributed by atoms with Gasteiger partial charge in [0.2, 0.25) is 5.82 Å². The van der Waals surface area contributed by atoms with Gasteiger partial charge in [0.25, 0.3) is 0 Å². The molecule has 4 aromatic heterocycles. The third-order valence-electron chi connectivity index (χ3n) is 3.46. The van der Waals surface area contributed by atoms with E-state index in [9.17, 15) is 4.39 Å². The minimum atomic E-state index is -0.349. The van der Waals surface area contributed by atoms with Crippen LogP contribution in [0.3, 0.4) is 0 Å². The number of hydrogen-bond donors (Lipinski definition) is 1. The fourth-order valence-corrected chi connectivity index (χ4v) is 2.47. The topological polar surface area (TPSA) is 84.7 Å². The predicted octanol–water partition coefficient (Wildman–Crippen LogP) is 1.95. The molecule has 0 atom stereocenters. The summed E-state index contributed by atoms with van der Waals surface area (Å²) in [4.78, 5) is 16.9. The monoisotopic (exact) mass is 309 g/mol. The minimum absolute atomic E-state index is 0.349. The number of aromatic nitrogens is 7. The molecule has 0 unspecified atom stereocenters. The van der Waals surface area contributed by atoms with Crippen LogP contribution in [0.1, 0.15) is 17.1 Å². The van der Waals surface area contributed by atoms with Crippen LogP contribution >= 0.6 is 0 Å². The van der Waals surface area contributed by atoms with Crippen LogP contribution in [0, 0.1) is 12.7 Å². The summed E-state index contributed by atoms with van der Waals surface area (Å²) in [5.74, 6) is 1.25. The molecule has 0 saturated carbocycles. The average molecular weight is 309 g/mol. The molecule has 114 valence electrons. The van der Waals surface area contributed by atoms with Crippen LogP contribution in [0.4, 0.5) is 4.39 Å². The Bertz CT molecular complexity index is 974. The van der Waals surface area contributed by atoms with Crippen LogP contribution in [0.15, 0.2) is 37.1 Å². The highest BCUT2D eigenvalue weighted by molar-refractivity contribution is 5.62. The maximum absolute atomic E-state index is 13.7. The Hall–Kier alpha value is -3.16. The summed E-state index contributed by atoms with van der Waals surface area (Å²) in [7, 11) is 0. The van der Waals surface area contributed by atoms with Gasteiger partial charge in [-0.3, -0.25) is 9.50 Å². The number of rotatable bonds is 3. The van der Waals surface area contributed by atoms with Crippen molar-refractivity contribution in [2.24, 2.45) is 0 Å². The molecule has 0 spiro atoms. The Morgan fingerprint density at radius 2 is 2.00 bits per heavy atom. The van der Waals surface area contributed by atoms with Crippen LogP contribution in [0.2, 0.25) is 0 Å². The third-order valence-corrected chi connectivity index (χ3v) is 3.46. The van der Waals surface area contributed by atoms with Crippen molar-refractivity contribution in [3.63, 3.8) is 0 Å². The first-order valence-electron chi connectivity index (χ1n) is 7.00. The number of nitrogens with zero attached hydrogens (tertiary/aromatic N) is 6. The van der Waals surface area contributed by atoms with Gasteiger partial charge in [-0.25, -0.2) is 24.3 Å². The van der Waals surface area contributed by atoms with Crippen LogP contribution in [-0.2, 0) is 6.42 Å². The van der Waals surface area contributed by atoms with Crippen molar-refractivity contribution in [1.82, 2.24) is 34.5 Å². The smallest absolute Gasteiger partial charge is 0.217 e. The van der Waals surface area contributed by atoms with Crippen molar-refractivity contribution in [3.8, 4) is 11.6 Å². The first kappa shape index (κ1) is 13.5. The maximum Gasteiger partial charge on any atom is 0.217 e. The van der Waals surface area contributed by atoms with E-state index >= 15 is 0 Å².